The summed E-state index contributed by atoms with van der Waals surface area (Å²) in [5.74, 6) is 0. The molecule has 0 saturated heterocycles. The van der Waals surface area contributed by atoms with Crippen LogP contribution in [0.5, 0.6) is 0 Å². The second-order valence-electron chi connectivity index (χ2n) is 3.72. The van der Waals surface area contributed by atoms with E-state index in [1.54, 1.807) is 6.92 Å². The number of alkyl halides is 1. The van der Waals surface area contributed by atoms with E-state index in [1.807, 2.05) is 0 Å². The lowest BCUT2D eigenvalue weighted by Crippen LogP contribution is -2.02. The lowest BCUT2D eigenvalue weighted by molar-refractivity contribution is -0.384. The summed E-state index contributed by atoms with van der Waals surface area (Å²) >= 11 is 17.6. The molecule has 1 unspecified atom stereocenters. The van der Waals surface area contributed by atoms with Crippen LogP contribution in [0.4, 0.5) is 5.69 Å². The number of rotatable bonds is 3. The number of nitro benzene ring substituents is 1. The quantitative estimate of drug-likeness (QED) is 0.490. The zero-order chi connectivity index (χ0) is 14.2. The Labute approximate surface area is 123 Å². The molecule has 100 valence electrons. The predicted molar refractivity (Wildman–Crippen MR) is 72.3 cm³/mol. The van der Waals surface area contributed by atoms with Gasteiger partial charge in [-0.25, -0.2) is 4.68 Å². The van der Waals surface area contributed by atoms with E-state index in [4.69, 9.17) is 34.8 Å². The fourth-order valence-corrected chi connectivity index (χ4v) is 2.16. The van der Waals surface area contributed by atoms with Crippen molar-refractivity contribution in [1.29, 1.82) is 0 Å². The number of nitrogens with zero attached hydrogens (tertiary/aromatic N) is 4. The van der Waals surface area contributed by atoms with Crippen molar-refractivity contribution in [1.82, 2.24) is 15.0 Å². The average Bonchev–Trinajstić information content (AvgIpc) is 2.76. The average molecular weight is 322 g/mol. The molecule has 0 spiro atoms. The van der Waals surface area contributed by atoms with E-state index in [0.717, 1.165) is 0 Å². The summed E-state index contributed by atoms with van der Waals surface area (Å²) in [6, 6.07) is 2.60. The van der Waals surface area contributed by atoms with Gasteiger partial charge >= 0.3 is 0 Å². The van der Waals surface area contributed by atoms with Crippen molar-refractivity contribution in [2.45, 2.75) is 12.3 Å². The maximum atomic E-state index is 11.0. The molecule has 0 aliphatic heterocycles. The lowest BCUT2D eigenvalue weighted by Gasteiger charge is -2.05. The molecule has 1 aromatic carbocycles. The molecule has 2 rings (SSSR count). The number of hydrogen-bond donors (Lipinski definition) is 0. The molecular formula is C10H7Cl3N4O2. The van der Waals surface area contributed by atoms with Gasteiger partial charge in [0.1, 0.15) is 5.69 Å². The van der Waals surface area contributed by atoms with Crippen LogP contribution in [-0.4, -0.2) is 19.9 Å². The van der Waals surface area contributed by atoms with Gasteiger partial charge in [0.05, 0.1) is 21.5 Å². The highest BCUT2D eigenvalue weighted by Crippen LogP contribution is 2.33. The molecule has 9 heteroatoms. The molecule has 1 aromatic heterocycles. The highest BCUT2D eigenvalue weighted by atomic mass is 35.5. The fourth-order valence-electron chi connectivity index (χ4n) is 1.49. The molecule has 19 heavy (non-hydrogen) atoms. The van der Waals surface area contributed by atoms with Gasteiger partial charge in [0.15, 0.2) is 5.69 Å². The Morgan fingerprint density at radius 2 is 2.11 bits per heavy atom. The van der Waals surface area contributed by atoms with Crippen LogP contribution in [0.2, 0.25) is 10.0 Å². The standard InChI is InChI=1S/C10H7Cl3N4O2/c1-5(11)8-4-16(15-14-8)10-7(13)2-6(12)3-9(10)17(18)19/h2-5H,1H3. The Bertz CT molecular complexity index is 642. The van der Waals surface area contributed by atoms with Gasteiger partial charge in [-0.15, -0.1) is 16.7 Å². The summed E-state index contributed by atoms with van der Waals surface area (Å²) in [6.45, 7) is 1.72. The Hall–Kier alpha value is -1.37. The maximum Gasteiger partial charge on any atom is 0.297 e. The summed E-state index contributed by atoms with van der Waals surface area (Å²) < 4.78 is 1.21. The minimum absolute atomic E-state index is 0.104. The van der Waals surface area contributed by atoms with Crippen LogP contribution in [0.25, 0.3) is 5.69 Å². The largest absolute Gasteiger partial charge is 0.297 e. The molecular weight excluding hydrogens is 314 g/mol. The molecule has 0 radical (unpaired) electrons. The van der Waals surface area contributed by atoms with Gasteiger partial charge in [-0.3, -0.25) is 10.1 Å². The second kappa shape index (κ2) is 5.32. The van der Waals surface area contributed by atoms with Gasteiger partial charge in [0.2, 0.25) is 0 Å². The number of nitro groups is 1. The van der Waals surface area contributed by atoms with E-state index < -0.39 is 4.92 Å². The molecule has 0 aliphatic rings. The topological polar surface area (TPSA) is 73.8 Å². The fraction of sp³-hybridized carbons (Fsp3) is 0.200. The first-order valence-electron chi connectivity index (χ1n) is 5.10. The van der Waals surface area contributed by atoms with Crippen molar-refractivity contribution >= 4 is 40.5 Å². The highest BCUT2D eigenvalue weighted by Gasteiger charge is 2.22. The Kier molecular flexibility index (Phi) is 3.93. The van der Waals surface area contributed by atoms with Crippen LogP contribution >= 0.6 is 34.8 Å². The Morgan fingerprint density at radius 3 is 2.63 bits per heavy atom. The van der Waals surface area contributed by atoms with Gasteiger partial charge in [0.25, 0.3) is 5.69 Å². The molecule has 0 saturated carbocycles. The van der Waals surface area contributed by atoms with Crippen molar-refractivity contribution in [3.05, 3.63) is 44.2 Å². The molecule has 2 aromatic rings. The van der Waals surface area contributed by atoms with E-state index in [-0.39, 0.29) is 26.8 Å². The maximum absolute atomic E-state index is 11.0. The summed E-state index contributed by atoms with van der Waals surface area (Å²) in [6.07, 6.45) is 1.49. The lowest BCUT2D eigenvalue weighted by atomic mass is 10.2. The summed E-state index contributed by atoms with van der Waals surface area (Å²) in [7, 11) is 0. The van der Waals surface area contributed by atoms with Gasteiger partial charge in [0, 0.05) is 11.1 Å². The SMILES string of the molecule is CC(Cl)c1cn(-c2c(Cl)cc(Cl)cc2[N+](=O)[O-])nn1. The minimum Gasteiger partial charge on any atom is -0.258 e. The predicted octanol–water partition coefficient (Wildman–Crippen LogP) is 3.78. The van der Waals surface area contributed by atoms with E-state index in [2.05, 4.69) is 10.3 Å². The van der Waals surface area contributed by atoms with Crippen molar-refractivity contribution in [3.63, 3.8) is 0 Å². The third kappa shape index (κ3) is 2.80. The van der Waals surface area contributed by atoms with Crippen LogP contribution in [-0.2, 0) is 0 Å². The first-order chi connectivity index (χ1) is 8.90. The van der Waals surface area contributed by atoms with Crippen LogP contribution in [0, 0.1) is 10.1 Å². The molecule has 0 aliphatic carbocycles. The summed E-state index contributed by atoms with van der Waals surface area (Å²) in [4.78, 5) is 10.5. The third-order valence-corrected chi connectivity index (χ3v) is 3.08. The zero-order valence-electron chi connectivity index (χ0n) is 9.55. The highest BCUT2D eigenvalue weighted by molar-refractivity contribution is 6.36. The molecule has 1 atom stereocenters. The van der Waals surface area contributed by atoms with Crippen LogP contribution in [0.3, 0.4) is 0 Å². The van der Waals surface area contributed by atoms with E-state index in [0.29, 0.717) is 5.69 Å². The molecule has 0 bridgehead atoms. The van der Waals surface area contributed by atoms with E-state index in [1.165, 1.54) is 23.0 Å². The van der Waals surface area contributed by atoms with Crippen molar-refractivity contribution in [2.24, 2.45) is 0 Å². The Balaban J connectivity index is 2.63. The van der Waals surface area contributed by atoms with Gasteiger partial charge in [-0.2, -0.15) is 0 Å². The normalized spacial score (nSPS) is 12.4. The van der Waals surface area contributed by atoms with Crippen LogP contribution < -0.4 is 0 Å². The smallest absolute Gasteiger partial charge is 0.258 e. The first-order valence-corrected chi connectivity index (χ1v) is 6.29. The molecule has 6 nitrogen and oxygen atoms in total. The summed E-state index contributed by atoms with van der Waals surface area (Å²) in [5, 5.41) is 18.6. The molecule has 0 amide bonds. The van der Waals surface area contributed by atoms with Crippen molar-refractivity contribution < 1.29 is 4.92 Å². The van der Waals surface area contributed by atoms with Crippen LogP contribution in [0.1, 0.15) is 18.0 Å². The van der Waals surface area contributed by atoms with Gasteiger partial charge in [-0.05, 0) is 13.0 Å². The second-order valence-corrected chi connectivity index (χ2v) is 5.21. The van der Waals surface area contributed by atoms with E-state index in [9.17, 15) is 10.1 Å². The summed E-state index contributed by atoms with van der Waals surface area (Å²) in [5.41, 5.74) is 0.338. The monoisotopic (exact) mass is 320 g/mol. The van der Waals surface area contributed by atoms with Crippen molar-refractivity contribution in [3.8, 4) is 5.69 Å². The molecule has 0 fully saturated rings. The van der Waals surface area contributed by atoms with Crippen molar-refractivity contribution in [2.75, 3.05) is 0 Å². The number of aromatic nitrogens is 3. The Morgan fingerprint density at radius 1 is 1.42 bits per heavy atom. The first kappa shape index (κ1) is 14.0. The third-order valence-electron chi connectivity index (χ3n) is 2.35. The zero-order valence-corrected chi connectivity index (χ0v) is 11.8. The minimum atomic E-state index is -0.585. The van der Waals surface area contributed by atoms with Gasteiger partial charge < -0.3 is 0 Å². The number of benzene rings is 1. The van der Waals surface area contributed by atoms with Crippen LogP contribution in [0.15, 0.2) is 18.3 Å². The van der Waals surface area contributed by atoms with Gasteiger partial charge in [-0.1, -0.05) is 28.4 Å². The number of halogens is 3. The number of hydrogen-bond acceptors (Lipinski definition) is 4. The molecule has 1 heterocycles. The molecule has 0 N–H and O–H groups in total. The van der Waals surface area contributed by atoms with E-state index >= 15 is 0 Å².